The molecule has 0 N–H and O–H groups in total. The van der Waals surface area contributed by atoms with Gasteiger partial charge in [0.2, 0.25) is 5.88 Å². The SMILES string of the molecule is Cc1ncc(C(=O)N2CC(C)Oc3ncccc32)c(C(C)C)n1. The van der Waals surface area contributed by atoms with E-state index in [2.05, 4.69) is 15.0 Å². The van der Waals surface area contributed by atoms with Gasteiger partial charge in [-0.15, -0.1) is 0 Å². The Morgan fingerprint density at radius 2 is 2.17 bits per heavy atom. The van der Waals surface area contributed by atoms with Crippen LogP contribution in [-0.4, -0.2) is 33.5 Å². The number of carbonyl (C=O) groups is 1. The van der Waals surface area contributed by atoms with Crippen LogP contribution in [0.5, 0.6) is 5.88 Å². The molecule has 0 fully saturated rings. The number of fused-ring (bicyclic) bond motifs is 1. The van der Waals surface area contributed by atoms with Crippen LogP contribution in [0.3, 0.4) is 0 Å². The van der Waals surface area contributed by atoms with Crippen molar-refractivity contribution in [2.24, 2.45) is 0 Å². The zero-order chi connectivity index (χ0) is 16.6. The van der Waals surface area contributed by atoms with E-state index < -0.39 is 0 Å². The lowest BCUT2D eigenvalue weighted by Crippen LogP contribution is -2.43. The Labute approximate surface area is 135 Å². The molecule has 0 saturated heterocycles. The van der Waals surface area contributed by atoms with E-state index in [0.717, 1.165) is 5.69 Å². The van der Waals surface area contributed by atoms with Crippen LogP contribution >= 0.6 is 0 Å². The molecule has 1 atom stereocenters. The van der Waals surface area contributed by atoms with Crippen molar-refractivity contribution in [3.63, 3.8) is 0 Å². The molecule has 0 spiro atoms. The Balaban J connectivity index is 2.05. The van der Waals surface area contributed by atoms with Crippen LogP contribution in [0.4, 0.5) is 5.69 Å². The Hall–Kier alpha value is -2.50. The predicted molar refractivity (Wildman–Crippen MR) is 86.9 cm³/mol. The van der Waals surface area contributed by atoms with Crippen molar-refractivity contribution in [3.8, 4) is 5.88 Å². The third kappa shape index (κ3) is 2.88. The van der Waals surface area contributed by atoms with Gasteiger partial charge in [0, 0.05) is 12.4 Å². The number of aryl methyl sites for hydroxylation is 1. The molecule has 0 radical (unpaired) electrons. The minimum atomic E-state index is -0.116. The summed E-state index contributed by atoms with van der Waals surface area (Å²) in [6.07, 6.45) is 3.17. The first-order valence-corrected chi connectivity index (χ1v) is 7.74. The van der Waals surface area contributed by atoms with Crippen LogP contribution < -0.4 is 9.64 Å². The normalized spacial score (nSPS) is 16.9. The number of aromatic nitrogens is 3. The number of rotatable bonds is 2. The third-order valence-corrected chi connectivity index (χ3v) is 3.76. The molecule has 1 amide bonds. The van der Waals surface area contributed by atoms with Gasteiger partial charge in [0.1, 0.15) is 17.6 Å². The maximum atomic E-state index is 13.1. The molecule has 1 aliphatic rings. The largest absolute Gasteiger partial charge is 0.471 e. The number of pyridine rings is 1. The minimum Gasteiger partial charge on any atom is -0.471 e. The molecular weight excluding hydrogens is 292 g/mol. The molecule has 3 heterocycles. The molecule has 2 aromatic heterocycles. The lowest BCUT2D eigenvalue weighted by atomic mass is 10.0. The summed E-state index contributed by atoms with van der Waals surface area (Å²) in [6, 6.07) is 3.64. The maximum absolute atomic E-state index is 13.1. The van der Waals surface area contributed by atoms with Gasteiger partial charge in [0.25, 0.3) is 5.91 Å². The van der Waals surface area contributed by atoms with Gasteiger partial charge in [-0.3, -0.25) is 9.69 Å². The second-order valence-electron chi connectivity index (χ2n) is 6.04. The van der Waals surface area contributed by atoms with Gasteiger partial charge in [-0.2, -0.15) is 0 Å². The highest BCUT2D eigenvalue weighted by Gasteiger charge is 2.31. The zero-order valence-electron chi connectivity index (χ0n) is 13.8. The summed E-state index contributed by atoms with van der Waals surface area (Å²) < 4.78 is 5.71. The predicted octanol–water partition coefficient (Wildman–Crippen LogP) is 2.73. The standard InChI is InChI=1S/C17H20N4O2/c1-10(2)15-13(8-19-12(4)20-15)17(22)21-9-11(3)23-16-14(21)6-5-7-18-16/h5-8,10-11H,9H2,1-4H3. The molecule has 0 aliphatic carbocycles. The smallest absolute Gasteiger partial charge is 0.261 e. The Kier molecular flexibility index (Phi) is 3.98. The number of hydrogen-bond acceptors (Lipinski definition) is 5. The van der Waals surface area contributed by atoms with Gasteiger partial charge in [-0.1, -0.05) is 13.8 Å². The number of amides is 1. The Morgan fingerprint density at radius 1 is 1.39 bits per heavy atom. The van der Waals surface area contributed by atoms with Crippen molar-refractivity contribution in [2.45, 2.75) is 39.7 Å². The molecule has 6 nitrogen and oxygen atoms in total. The summed E-state index contributed by atoms with van der Waals surface area (Å²) in [4.78, 5) is 27.7. The van der Waals surface area contributed by atoms with E-state index in [4.69, 9.17) is 4.74 Å². The van der Waals surface area contributed by atoms with Gasteiger partial charge < -0.3 is 4.74 Å². The van der Waals surface area contributed by atoms with E-state index in [1.165, 1.54) is 0 Å². The maximum Gasteiger partial charge on any atom is 0.261 e. The fourth-order valence-corrected chi connectivity index (χ4v) is 2.69. The van der Waals surface area contributed by atoms with Crippen LogP contribution in [-0.2, 0) is 0 Å². The van der Waals surface area contributed by atoms with Crippen molar-refractivity contribution in [2.75, 3.05) is 11.4 Å². The highest BCUT2D eigenvalue weighted by Crippen LogP contribution is 2.32. The topological polar surface area (TPSA) is 68.2 Å². The molecule has 0 bridgehead atoms. The van der Waals surface area contributed by atoms with E-state index in [9.17, 15) is 4.79 Å². The average molecular weight is 312 g/mol. The lowest BCUT2D eigenvalue weighted by molar-refractivity contribution is 0.0956. The lowest BCUT2D eigenvalue weighted by Gasteiger charge is -2.32. The average Bonchev–Trinajstić information content (AvgIpc) is 2.53. The highest BCUT2D eigenvalue weighted by molar-refractivity contribution is 6.07. The molecule has 1 aliphatic heterocycles. The zero-order valence-corrected chi connectivity index (χ0v) is 13.8. The molecule has 2 aromatic rings. The first-order chi connectivity index (χ1) is 11.0. The summed E-state index contributed by atoms with van der Waals surface area (Å²) in [6.45, 7) is 8.28. The highest BCUT2D eigenvalue weighted by atomic mass is 16.5. The van der Waals surface area contributed by atoms with E-state index in [-0.39, 0.29) is 17.9 Å². The molecule has 120 valence electrons. The van der Waals surface area contributed by atoms with E-state index in [0.29, 0.717) is 29.5 Å². The number of anilines is 1. The van der Waals surface area contributed by atoms with Crippen molar-refractivity contribution in [1.29, 1.82) is 0 Å². The molecule has 0 aromatic carbocycles. The number of hydrogen-bond donors (Lipinski definition) is 0. The van der Waals surface area contributed by atoms with Crippen molar-refractivity contribution in [1.82, 2.24) is 15.0 Å². The molecule has 3 rings (SSSR count). The van der Waals surface area contributed by atoms with Gasteiger partial charge in [-0.05, 0) is 31.9 Å². The summed E-state index contributed by atoms with van der Waals surface area (Å²) in [5.74, 6) is 1.18. The van der Waals surface area contributed by atoms with Gasteiger partial charge in [0.05, 0.1) is 17.8 Å². The second kappa shape index (κ2) is 5.95. The van der Waals surface area contributed by atoms with Crippen LogP contribution in [0.1, 0.15) is 48.6 Å². The molecule has 1 unspecified atom stereocenters. The summed E-state index contributed by atoms with van der Waals surface area (Å²) in [5.41, 5.74) is 1.99. The third-order valence-electron chi connectivity index (χ3n) is 3.76. The van der Waals surface area contributed by atoms with Crippen LogP contribution in [0.25, 0.3) is 0 Å². The number of ether oxygens (including phenoxy) is 1. The Bertz CT molecular complexity index is 745. The number of carbonyl (C=O) groups excluding carboxylic acids is 1. The van der Waals surface area contributed by atoms with Gasteiger partial charge in [-0.25, -0.2) is 15.0 Å². The van der Waals surface area contributed by atoms with Gasteiger partial charge in [0.15, 0.2) is 0 Å². The summed E-state index contributed by atoms with van der Waals surface area (Å²) >= 11 is 0. The van der Waals surface area contributed by atoms with E-state index >= 15 is 0 Å². The van der Waals surface area contributed by atoms with Crippen molar-refractivity contribution in [3.05, 3.63) is 41.6 Å². The number of nitrogens with zero attached hydrogens (tertiary/aromatic N) is 4. The second-order valence-corrected chi connectivity index (χ2v) is 6.04. The van der Waals surface area contributed by atoms with Crippen LogP contribution in [0.2, 0.25) is 0 Å². The summed E-state index contributed by atoms with van der Waals surface area (Å²) in [5, 5.41) is 0. The first kappa shape index (κ1) is 15.4. The minimum absolute atomic E-state index is 0.113. The van der Waals surface area contributed by atoms with Crippen molar-refractivity contribution < 1.29 is 9.53 Å². The Morgan fingerprint density at radius 3 is 2.91 bits per heavy atom. The quantitative estimate of drug-likeness (QED) is 0.853. The fraction of sp³-hybridized carbons (Fsp3) is 0.412. The molecule has 0 saturated carbocycles. The first-order valence-electron chi connectivity index (χ1n) is 7.74. The molecule has 6 heteroatoms. The monoisotopic (exact) mass is 312 g/mol. The molecular formula is C17H20N4O2. The van der Waals surface area contributed by atoms with Crippen LogP contribution in [0, 0.1) is 6.92 Å². The van der Waals surface area contributed by atoms with E-state index in [1.807, 2.05) is 33.8 Å². The van der Waals surface area contributed by atoms with Crippen molar-refractivity contribution >= 4 is 11.6 Å². The molecule has 23 heavy (non-hydrogen) atoms. The summed E-state index contributed by atoms with van der Waals surface area (Å²) in [7, 11) is 0. The van der Waals surface area contributed by atoms with E-state index in [1.54, 1.807) is 23.4 Å². The fourth-order valence-electron chi connectivity index (χ4n) is 2.69. The van der Waals surface area contributed by atoms with Gasteiger partial charge >= 0.3 is 0 Å². The van der Waals surface area contributed by atoms with Crippen LogP contribution in [0.15, 0.2) is 24.5 Å².